The van der Waals surface area contributed by atoms with Crippen LogP contribution >= 0.6 is 0 Å². The number of likely N-dealkylation sites (N-methyl/N-ethyl adjacent to an activating group) is 1. The summed E-state index contributed by atoms with van der Waals surface area (Å²) in [6.45, 7) is 5.40. The van der Waals surface area contributed by atoms with Gasteiger partial charge in [0.05, 0.1) is 14.2 Å². The molecule has 0 spiro atoms. The minimum atomic E-state index is 0.943. The molecule has 0 atom stereocenters. The molecule has 1 aromatic carbocycles. The van der Waals surface area contributed by atoms with Gasteiger partial charge in [-0.15, -0.1) is 0 Å². The van der Waals surface area contributed by atoms with Crippen molar-refractivity contribution >= 4 is 0 Å². The molecule has 2 aliphatic rings. The van der Waals surface area contributed by atoms with Gasteiger partial charge in [0.25, 0.3) is 0 Å². The Balaban J connectivity index is 1.95. The maximum absolute atomic E-state index is 5.82. The van der Waals surface area contributed by atoms with E-state index in [1.165, 1.54) is 49.0 Å². The zero-order valence-corrected chi connectivity index (χ0v) is 14.2. The van der Waals surface area contributed by atoms with Crippen LogP contribution in [-0.4, -0.2) is 50.7 Å². The van der Waals surface area contributed by atoms with Crippen LogP contribution in [0.15, 0.2) is 6.07 Å². The van der Waals surface area contributed by atoms with Gasteiger partial charge in [0, 0.05) is 36.3 Å². The van der Waals surface area contributed by atoms with Crippen LogP contribution < -0.4 is 9.47 Å². The number of hydrogen-bond acceptors (Lipinski definition) is 4. The molecule has 0 bridgehead atoms. The highest BCUT2D eigenvalue weighted by molar-refractivity contribution is 5.54. The molecule has 0 radical (unpaired) electrons. The molecule has 0 aromatic heterocycles. The lowest BCUT2D eigenvalue weighted by Crippen LogP contribution is -2.30. The van der Waals surface area contributed by atoms with Gasteiger partial charge in [-0.1, -0.05) is 6.42 Å². The zero-order chi connectivity index (χ0) is 15.5. The van der Waals surface area contributed by atoms with Crippen LogP contribution in [0.5, 0.6) is 11.5 Å². The van der Waals surface area contributed by atoms with E-state index in [4.69, 9.17) is 9.47 Å². The first-order valence-electron chi connectivity index (χ1n) is 8.39. The number of fused-ring (bicyclic) bond motifs is 1. The molecular formula is C18H28N2O2. The van der Waals surface area contributed by atoms with Crippen molar-refractivity contribution in [2.24, 2.45) is 0 Å². The maximum Gasteiger partial charge on any atom is 0.127 e. The first-order chi connectivity index (χ1) is 10.7. The number of rotatable bonds is 4. The zero-order valence-electron chi connectivity index (χ0n) is 14.2. The topological polar surface area (TPSA) is 24.9 Å². The molecule has 2 heterocycles. The Morgan fingerprint density at radius 2 is 1.77 bits per heavy atom. The fraction of sp³-hybridized carbons (Fsp3) is 0.667. The third-order valence-electron chi connectivity index (χ3n) is 4.97. The molecule has 2 aliphatic heterocycles. The Labute approximate surface area is 134 Å². The van der Waals surface area contributed by atoms with E-state index >= 15 is 0 Å². The molecule has 0 N–H and O–H groups in total. The lowest BCUT2D eigenvalue weighted by Gasteiger charge is -2.31. The van der Waals surface area contributed by atoms with Gasteiger partial charge in [-0.25, -0.2) is 0 Å². The Morgan fingerprint density at radius 3 is 2.45 bits per heavy atom. The molecule has 4 nitrogen and oxygen atoms in total. The van der Waals surface area contributed by atoms with E-state index in [1.54, 1.807) is 14.2 Å². The van der Waals surface area contributed by atoms with Crippen LogP contribution in [0.3, 0.4) is 0 Å². The van der Waals surface area contributed by atoms with Crippen LogP contribution in [0.2, 0.25) is 0 Å². The van der Waals surface area contributed by atoms with Gasteiger partial charge in [-0.2, -0.15) is 0 Å². The van der Waals surface area contributed by atoms with E-state index < -0.39 is 0 Å². The molecule has 22 heavy (non-hydrogen) atoms. The number of hydrogen-bond donors (Lipinski definition) is 0. The third-order valence-corrected chi connectivity index (χ3v) is 4.97. The molecular weight excluding hydrogens is 276 g/mol. The van der Waals surface area contributed by atoms with Crippen LogP contribution in [0.1, 0.15) is 36.0 Å². The Kier molecular flexibility index (Phi) is 4.89. The van der Waals surface area contributed by atoms with E-state index in [-0.39, 0.29) is 0 Å². The summed E-state index contributed by atoms with van der Waals surface area (Å²) in [6.07, 6.45) is 5.04. The molecule has 0 saturated carbocycles. The minimum Gasteiger partial charge on any atom is -0.496 e. The monoisotopic (exact) mass is 304 g/mol. The van der Waals surface area contributed by atoms with Crippen LogP contribution in [0.25, 0.3) is 0 Å². The Hall–Kier alpha value is -1.26. The summed E-state index contributed by atoms with van der Waals surface area (Å²) < 4.78 is 11.5. The summed E-state index contributed by atoms with van der Waals surface area (Å²) in [7, 11) is 5.75. The maximum atomic E-state index is 5.82. The number of piperidine rings is 1. The van der Waals surface area contributed by atoms with Crippen molar-refractivity contribution in [3.63, 3.8) is 0 Å². The van der Waals surface area contributed by atoms with Crippen molar-refractivity contribution in [2.75, 3.05) is 40.9 Å². The van der Waals surface area contributed by atoms with Crippen LogP contribution in [0.4, 0.5) is 0 Å². The fourth-order valence-corrected chi connectivity index (χ4v) is 3.79. The molecule has 122 valence electrons. The predicted molar refractivity (Wildman–Crippen MR) is 88.7 cm³/mol. The van der Waals surface area contributed by atoms with E-state index in [0.717, 1.165) is 37.6 Å². The molecule has 1 saturated heterocycles. The molecule has 4 heteroatoms. The first kappa shape index (κ1) is 15.6. The number of likely N-dealkylation sites (tertiary alicyclic amines) is 1. The quantitative estimate of drug-likeness (QED) is 0.854. The van der Waals surface area contributed by atoms with Gasteiger partial charge in [-0.3, -0.25) is 4.90 Å². The third kappa shape index (κ3) is 3.08. The minimum absolute atomic E-state index is 0.943. The predicted octanol–water partition coefficient (Wildman–Crippen LogP) is 2.68. The highest BCUT2D eigenvalue weighted by Gasteiger charge is 2.25. The van der Waals surface area contributed by atoms with Gasteiger partial charge in [-0.05, 0) is 45.5 Å². The highest BCUT2D eigenvalue weighted by Crippen LogP contribution is 2.38. The number of benzene rings is 1. The van der Waals surface area contributed by atoms with E-state index in [0.29, 0.717) is 0 Å². The molecule has 0 amide bonds. The van der Waals surface area contributed by atoms with Crippen LogP contribution in [0, 0.1) is 0 Å². The summed E-state index contributed by atoms with van der Waals surface area (Å²) in [4.78, 5) is 4.89. The van der Waals surface area contributed by atoms with Gasteiger partial charge in [0.15, 0.2) is 0 Å². The van der Waals surface area contributed by atoms with Crippen molar-refractivity contribution in [1.29, 1.82) is 0 Å². The van der Waals surface area contributed by atoms with E-state index in [2.05, 4.69) is 22.9 Å². The molecule has 0 unspecified atom stereocenters. The highest BCUT2D eigenvalue weighted by atomic mass is 16.5. The average molecular weight is 304 g/mol. The van der Waals surface area contributed by atoms with Crippen LogP contribution in [-0.2, 0) is 19.5 Å². The normalized spacial score (nSPS) is 19.8. The molecule has 1 fully saturated rings. The Morgan fingerprint density at radius 1 is 1.00 bits per heavy atom. The SMILES string of the molecule is COc1cc(CN2CCCCC2)c(OC)c2c1CN(C)CC2. The van der Waals surface area contributed by atoms with Crippen molar-refractivity contribution in [1.82, 2.24) is 9.80 Å². The summed E-state index contributed by atoms with van der Waals surface area (Å²) in [5.41, 5.74) is 3.94. The van der Waals surface area contributed by atoms with Gasteiger partial charge >= 0.3 is 0 Å². The van der Waals surface area contributed by atoms with Crippen molar-refractivity contribution in [3.8, 4) is 11.5 Å². The smallest absolute Gasteiger partial charge is 0.127 e. The summed E-state index contributed by atoms with van der Waals surface area (Å²) >= 11 is 0. The van der Waals surface area contributed by atoms with Crippen molar-refractivity contribution in [2.45, 2.75) is 38.8 Å². The average Bonchev–Trinajstić information content (AvgIpc) is 2.55. The second-order valence-corrected chi connectivity index (χ2v) is 6.55. The molecule has 0 aliphatic carbocycles. The second-order valence-electron chi connectivity index (χ2n) is 6.55. The summed E-state index contributed by atoms with van der Waals surface area (Å²) in [5, 5.41) is 0. The van der Waals surface area contributed by atoms with E-state index in [9.17, 15) is 0 Å². The lowest BCUT2D eigenvalue weighted by molar-refractivity contribution is 0.217. The van der Waals surface area contributed by atoms with Crippen molar-refractivity contribution < 1.29 is 9.47 Å². The lowest BCUT2D eigenvalue weighted by atomic mass is 9.94. The second kappa shape index (κ2) is 6.88. The van der Waals surface area contributed by atoms with Gasteiger partial charge in [0.1, 0.15) is 11.5 Å². The van der Waals surface area contributed by atoms with E-state index in [1.807, 2.05) is 0 Å². The largest absolute Gasteiger partial charge is 0.496 e. The number of methoxy groups -OCH3 is 2. The summed E-state index contributed by atoms with van der Waals surface area (Å²) in [6, 6.07) is 2.20. The molecule has 1 aromatic rings. The van der Waals surface area contributed by atoms with Gasteiger partial charge in [0.2, 0.25) is 0 Å². The molecule has 3 rings (SSSR count). The number of ether oxygens (including phenoxy) is 2. The standard InChI is InChI=1S/C18H28N2O2/c1-19-10-7-15-16(13-19)17(21-2)11-14(18(15)22-3)12-20-8-5-4-6-9-20/h11H,4-10,12-13H2,1-3H3. The number of nitrogens with zero attached hydrogens (tertiary/aromatic N) is 2. The Bertz CT molecular complexity index is 524. The fourth-order valence-electron chi connectivity index (χ4n) is 3.79. The van der Waals surface area contributed by atoms with Gasteiger partial charge < -0.3 is 14.4 Å². The first-order valence-corrected chi connectivity index (χ1v) is 8.39. The van der Waals surface area contributed by atoms with Crippen molar-refractivity contribution in [3.05, 3.63) is 22.8 Å². The summed E-state index contributed by atoms with van der Waals surface area (Å²) in [5.74, 6) is 2.11.